The van der Waals surface area contributed by atoms with Gasteiger partial charge in [-0.25, -0.2) is 9.37 Å². The summed E-state index contributed by atoms with van der Waals surface area (Å²) >= 11 is 1.30. The number of halogens is 1. The molecule has 0 spiro atoms. The molecule has 0 bridgehead atoms. The SMILES string of the molecule is N#Cc1cccnc1N1CCN(C(=O)c2sc3cccc(F)c3c2COc2ccccc2)CC1. The second-order valence-corrected chi connectivity index (χ2v) is 8.94. The normalized spacial score (nSPS) is 13.6. The highest BCUT2D eigenvalue weighted by molar-refractivity contribution is 7.21. The summed E-state index contributed by atoms with van der Waals surface area (Å²) in [6.07, 6.45) is 1.67. The minimum absolute atomic E-state index is 0.103. The Balaban J connectivity index is 1.39. The van der Waals surface area contributed by atoms with Gasteiger partial charge in [-0.15, -0.1) is 11.3 Å². The lowest BCUT2D eigenvalue weighted by Crippen LogP contribution is -2.49. The Hall–Kier alpha value is -3.96. The number of nitriles is 1. The average Bonchev–Trinajstić information content (AvgIpc) is 3.27. The average molecular weight is 473 g/mol. The Kier molecular flexibility index (Phi) is 6.11. The van der Waals surface area contributed by atoms with Gasteiger partial charge in [-0.3, -0.25) is 4.79 Å². The molecule has 34 heavy (non-hydrogen) atoms. The fourth-order valence-electron chi connectivity index (χ4n) is 4.15. The molecule has 2 aromatic carbocycles. The number of benzene rings is 2. The first-order valence-corrected chi connectivity index (χ1v) is 11.7. The van der Waals surface area contributed by atoms with Crippen molar-refractivity contribution < 1.29 is 13.9 Å². The van der Waals surface area contributed by atoms with Gasteiger partial charge in [0.25, 0.3) is 5.91 Å². The molecule has 6 nitrogen and oxygen atoms in total. The molecule has 2 aromatic heterocycles. The van der Waals surface area contributed by atoms with Crippen LogP contribution in [0.1, 0.15) is 20.8 Å². The third-order valence-corrected chi connectivity index (χ3v) is 7.04. The van der Waals surface area contributed by atoms with E-state index in [0.717, 1.165) is 4.70 Å². The van der Waals surface area contributed by atoms with E-state index >= 15 is 0 Å². The number of pyridine rings is 1. The maximum atomic E-state index is 14.8. The van der Waals surface area contributed by atoms with E-state index in [1.165, 1.54) is 17.4 Å². The van der Waals surface area contributed by atoms with Crippen LogP contribution in [0.15, 0.2) is 66.9 Å². The second kappa shape index (κ2) is 9.49. The van der Waals surface area contributed by atoms with Gasteiger partial charge in [-0.2, -0.15) is 5.26 Å². The summed E-state index contributed by atoms with van der Waals surface area (Å²) in [6.45, 7) is 2.19. The largest absolute Gasteiger partial charge is 0.489 e. The van der Waals surface area contributed by atoms with Crippen molar-refractivity contribution >= 4 is 33.1 Å². The van der Waals surface area contributed by atoms with Gasteiger partial charge in [-0.1, -0.05) is 24.3 Å². The van der Waals surface area contributed by atoms with E-state index < -0.39 is 0 Å². The summed E-state index contributed by atoms with van der Waals surface area (Å²) in [4.78, 5) is 22.2. The molecule has 1 aliphatic rings. The van der Waals surface area contributed by atoms with Gasteiger partial charge in [0.1, 0.15) is 30.1 Å². The molecule has 170 valence electrons. The van der Waals surface area contributed by atoms with E-state index in [1.807, 2.05) is 41.3 Å². The lowest BCUT2D eigenvalue weighted by Gasteiger charge is -2.35. The molecular formula is C26H21FN4O2S. The number of carbonyl (C=O) groups is 1. The summed E-state index contributed by atoms with van der Waals surface area (Å²) in [5, 5.41) is 9.81. The molecule has 0 atom stereocenters. The predicted octanol–water partition coefficient (Wildman–Crippen LogP) is 4.85. The van der Waals surface area contributed by atoms with Gasteiger partial charge in [0.15, 0.2) is 0 Å². The number of rotatable bonds is 5. The molecule has 0 N–H and O–H groups in total. The van der Waals surface area contributed by atoms with Crippen molar-refractivity contribution in [1.82, 2.24) is 9.88 Å². The van der Waals surface area contributed by atoms with Gasteiger partial charge in [0.05, 0.1) is 10.4 Å². The van der Waals surface area contributed by atoms with Crippen LogP contribution in [0, 0.1) is 17.1 Å². The molecular weight excluding hydrogens is 451 g/mol. The number of ether oxygens (including phenoxy) is 1. The van der Waals surface area contributed by atoms with Crippen LogP contribution in [0.25, 0.3) is 10.1 Å². The third-order valence-electron chi connectivity index (χ3n) is 5.86. The fraction of sp³-hybridized carbons (Fsp3) is 0.192. The summed E-state index contributed by atoms with van der Waals surface area (Å²) in [6, 6.07) is 19.8. The highest BCUT2D eigenvalue weighted by Gasteiger charge is 2.28. The number of hydrogen-bond donors (Lipinski definition) is 0. The van der Waals surface area contributed by atoms with Crippen LogP contribution < -0.4 is 9.64 Å². The zero-order valence-corrected chi connectivity index (χ0v) is 19.1. The first-order valence-electron chi connectivity index (χ1n) is 10.9. The number of para-hydroxylation sites is 1. The first kappa shape index (κ1) is 21.9. The molecule has 1 saturated heterocycles. The number of anilines is 1. The Morgan fingerprint density at radius 2 is 1.85 bits per heavy atom. The standard InChI is InChI=1S/C26H21FN4O2S/c27-21-9-4-10-22-23(21)20(17-33-19-7-2-1-3-8-19)24(34-22)26(32)31-14-12-30(13-15-31)25-18(16-28)6-5-11-29-25/h1-11H,12-15,17H2. The van der Waals surface area contributed by atoms with Crippen LogP contribution in [0.5, 0.6) is 5.75 Å². The maximum Gasteiger partial charge on any atom is 0.264 e. The number of fused-ring (bicyclic) bond motifs is 1. The Labute approximate surface area is 200 Å². The molecule has 1 fully saturated rings. The van der Waals surface area contributed by atoms with Gasteiger partial charge >= 0.3 is 0 Å². The number of nitrogens with zero attached hydrogens (tertiary/aromatic N) is 4. The Bertz CT molecular complexity index is 1370. The molecule has 4 aromatic rings. The molecule has 0 saturated carbocycles. The van der Waals surface area contributed by atoms with Gasteiger partial charge in [0, 0.05) is 48.0 Å². The lowest BCUT2D eigenvalue weighted by atomic mass is 10.1. The Morgan fingerprint density at radius 1 is 1.06 bits per heavy atom. The van der Waals surface area contributed by atoms with E-state index in [0.29, 0.717) is 59.1 Å². The number of amides is 1. The zero-order valence-electron chi connectivity index (χ0n) is 18.3. The van der Waals surface area contributed by atoms with Crippen molar-refractivity contribution in [2.24, 2.45) is 0 Å². The maximum absolute atomic E-state index is 14.8. The van der Waals surface area contributed by atoms with Crippen LogP contribution in [0.2, 0.25) is 0 Å². The monoisotopic (exact) mass is 472 g/mol. The summed E-state index contributed by atoms with van der Waals surface area (Å²) in [5.74, 6) is 0.809. The van der Waals surface area contributed by atoms with Crippen molar-refractivity contribution in [3.05, 3.63) is 88.7 Å². The van der Waals surface area contributed by atoms with Gasteiger partial charge in [0.2, 0.25) is 0 Å². The predicted molar refractivity (Wildman–Crippen MR) is 130 cm³/mol. The van der Waals surface area contributed by atoms with E-state index in [4.69, 9.17) is 4.74 Å². The topological polar surface area (TPSA) is 69.5 Å². The molecule has 5 rings (SSSR count). The molecule has 8 heteroatoms. The van der Waals surface area contributed by atoms with Crippen LogP contribution >= 0.6 is 11.3 Å². The van der Waals surface area contributed by atoms with E-state index in [-0.39, 0.29) is 18.3 Å². The number of thiophene rings is 1. The van der Waals surface area contributed by atoms with Crippen LogP contribution in [-0.4, -0.2) is 42.0 Å². The van der Waals surface area contributed by atoms with Crippen LogP contribution in [-0.2, 0) is 6.61 Å². The second-order valence-electron chi connectivity index (χ2n) is 7.89. The first-order chi connectivity index (χ1) is 16.7. The quantitative estimate of drug-likeness (QED) is 0.415. The van der Waals surface area contributed by atoms with Gasteiger partial charge in [-0.05, 0) is 36.4 Å². The highest BCUT2D eigenvalue weighted by atomic mass is 32.1. The summed E-state index contributed by atoms with van der Waals surface area (Å²) in [7, 11) is 0. The number of piperazine rings is 1. The van der Waals surface area contributed by atoms with Crippen molar-refractivity contribution in [3.63, 3.8) is 0 Å². The Morgan fingerprint density at radius 3 is 2.62 bits per heavy atom. The molecule has 1 aliphatic heterocycles. The van der Waals surface area contributed by atoms with E-state index in [2.05, 4.69) is 11.1 Å². The highest BCUT2D eigenvalue weighted by Crippen LogP contribution is 2.35. The number of carbonyl (C=O) groups excluding carboxylic acids is 1. The lowest BCUT2D eigenvalue weighted by molar-refractivity contribution is 0.0749. The number of hydrogen-bond acceptors (Lipinski definition) is 6. The molecule has 0 aliphatic carbocycles. The zero-order chi connectivity index (χ0) is 23.5. The van der Waals surface area contributed by atoms with Crippen molar-refractivity contribution in [2.75, 3.05) is 31.1 Å². The fourth-order valence-corrected chi connectivity index (χ4v) is 5.34. The summed E-state index contributed by atoms with van der Waals surface area (Å²) in [5.41, 5.74) is 1.09. The number of aromatic nitrogens is 1. The van der Waals surface area contributed by atoms with Crippen molar-refractivity contribution in [1.29, 1.82) is 5.26 Å². The van der Waals surface area contributed by atoms with E-state index in [9.17, 15) is 14.4 Å². The smallest absolute Gasteiger partial charge is 0.264 e. The third kappa shape index (κ3) is 4.18. The molecule has 0 radical (unpaired) electrons. The van der Waals surface area contributed by atoms with Crippen molar-refractivity contribution in [2.45, 2.75) is 6.61 Å². The summed E-state index contributed by atoms with van der Waals surface area (Å²) < 4.78 is 21.4. The minimum Gasteiger partial charge on any atom is -0.489 e. The minimum atomic E-state index is -0.358. The van der Waals surface area contributed by atoms with Crippen LogP contribution in [0.3, 0.4) is 0 Å². The van der Waals surface area contributed by atoms with Gasteiger partial charge < -0.3 is 14.5 Å². The van der Waals surface area contributed by atoms with Crippen molar-refractivity contribution in [3.8, 4) is 11.8 Å². The van der Waals surface area contributed by atoms with Crippen LogP contribution in [0.4, 0.5) is 10.2 Å². The van der Waals surface area contributed by atoms with E-state index in [1.54, 1.807) is 29.3 Å². The molecule has 3 heterocycles. The molecule has 1 amide bonds. The molecule has 0 unspecified atom stereocenters.